The summed E-state index contributed by atoms with van der Waals surface area (Å²) < 4.78 is 4.72. The largest absolute Gasteiger partial charge is 0.465 e. The molecule has 0 fully saturated rings. The minimum absolute atomic E-state index is 0.127. The Morgan fingerprint density at radius 3 is 2.48 bits per heavy atom. The molecule has 4 rings (SSSR count). The van der Waals surface area contributed by atoms with Crippen LogP contribution in [0.5, 0.6) is 0 Å². The number of fused-ring (bicyclic) bond motifs is 1. The molecule has 5 nitrogen and oxygen atoms in total. The first-order valence-electron chi connectivity index (χ1n) is 9.88. The maximum absolute atomic E-state index is 12.8. The van der Waals surface area contributed by atoms with E-state index in [4.69, 9.17) is 4.74 Å². The lowest BCUT2D eigenvalue weighted by Crippen LogP contribution is -2.08. The van der Waals surface area contributed by atoms with E-state index in [0.717, 1.165) is 21.5 Å². The van der Waals surface area contributed by atoms with E-state index >= 15 is 0 Å². The standard InChI is InChI=1S/C24H22N2O3S2/c1-14(2)16-8-10-17(11-9-16)19-13-30-22-20(19)21(27)25-24(26-22)31-12-15-4-6-18(7-5-15)23(28)29-3/h4-11,13-14H,12H2,1-3H3,(H,25,26,27). The number of aromatic amines is 1. The Kier molecular flexibility index (Phi) is 6.25. The number of aromatic nitrogens is 2. The molecule has 0 aliphatic heterocycles. The lowest BCUT2D eigenvalue weighted by Gasteiger charge is -2.06. The van der Waals surface area contributed by atoms with Crippen LogP contribution in [0, 0.1) is 0 Å². The number of benzene rings is 2. The van der Waals surface area contributed by atoms with Crippen LogP contribution in [0.3, 0.4) is 0 Å². The van der Waals surface area contributed by atoms with Crippen LogP contribution < -0.4 is 5.56 Å². The first-order chi connectivity index (χ1) is 15.0. The highest BCUT2D eigenvalue weighted by Crippen LogP contribution is 2.32. The number of nitrogens with zero attached hydrogens (tertiary/aromatic N) is 1. The molecule has 158 valence electrons. The van der Waals surface area contributed by atoms with Crippen molar-refractivity contribution >= 4 is 39.3 Å². The summed E-state index contributed by atoms with van der Waals surface area (Å²) in [6.07, 6.45) is 0. The predicted molar refractivity (Wildman–Crippen MR) is 127 cm³/mol. The second-order valence-corrected chi connectivity index (χ2v) is 9.28. The van der Waals surface area contributed by atoms with Gasteiger partial charge < -0.3 is 9.72 Å². The highest BCUT2D eigenvalue weighted by Gasteiger charge is 2.14. The summed E-state index contributed by atoms with van der Waals surface area (Å²) in [4.78, 5) is 32.7. The Morgan fingerprint density at radius 1 is 1.13 bits per heavy atom. The molecular weight excluding hydrogens is 428 g/mol. The molecule has 0 aliphatic rings. The van der Waals surface area contributed by atoms with E-state index in [9.17, 15) is 9.59 Å². The zero-order valence-corrected chi connectivity index (χ0v) is 19.1. The number of thioether (sulfide) groups is 1. The van der Waals surface area contributed by atoms with Crippen LogP contribution in [0.4, 0.5) is 0 Å². The fourth-order valence-electron chi connectivity index (χ4n) is 3.26. The number of H-pyrrole nitrogens is 1. The number of hydrogen-bond acceptors (Lipinski definition) is 6. The molecule has 2 aromatic heterocycles. The van der Waals surface area contributed by atoms with Crippen LogP contribution in [0.1, 0.15) is 41.3 Å². The van der Waals surface area contributed by atoms with E-state index in [-0.39, 0.29) is 11.5 Å². The molecule has 0 radical (unpaired) electrons. The van der Waals surface area contributed by atoms with E-state index in [1.807, 2.05) is 17.5 Å². The normalized spacial score (nSPS) is 11.2. The first-order valence-corrected chi connectivity index (χ1v) is 11.7. The number of esters is 1. The van der Waals surface area contributed by atoms with Crippen molar-refractivity contribution in [3.63, 3.8) is 0 Å². The summed E-state index contributed by atoms with van der Waals surface area (Å²) in [6, 6.07) is 15.6. The smallest absolute Gasteiger partial charge is 0.337 e. The van der Waals surface area contributed by atoms with Gasteiger partial charge in [-0.05, 0) is 34.7 Å². The van der Waals surface area contributed by atoms with Crippen molar-refractivity contribution < 1.29 is 9.53 Å². The van der Waals surface area contributed by atoms with E-state index in [2.05, 4.69) is 48.1 Å². The van der Waals surface area contributed by atoms with Gasteiger partial charge in [0.15, 0.2) is 5.16 Å². The molecular formula is C24H22N2O3S2. The zero-order chi connectivity index (χ0) is 22.0. The quantitative estimate of drug-likeness (QED) is 0.226. The molecule has 7 heteroatoms. The Hall–Kier alpha value is -2.90. The van der Waals surface area contributed by atoms with Crippen LogP contribution in [0.2, 0.25) is 0 Å². The van der Waals surface area contributed by atoms with Gasteiger partial charge in [-0.1, -0.05) is 62.0 Å². The van der Waals surface area contributed by atoms with Gasteiger partial charge in [0, 0.05) is 16.7 Å². The number of thiophene rings is 1. The average molecular weight is 451 g/mol. The van der Waals surface area contributed by atoms with Crippen molar-refractivity contribution in [3.05, 3.63) is 81.0 Å². The van der Waals surface area contributed by atoms with Gasteiger partial charge in [0.1, 0.15) is 4.83 Å². The van der Waals surface area contributed by atoms with Crippen molar-refractivity contribution in [2.45, 2.75) is 30.7 Å². The Labute approximate surface area is 188 Å². The second kappa shape index (κ2) is 9.08. The number of carbonyl (C=O) groups excluding carboxylic acids is 1. The molecule has 0 bridgehead atoms. The maximum atomic E-state index is 12.8. The van der Waals surface area contributed by atoms with Gasteiger partial charge in [-0.3, -0.25) is 4.79 Å². The molecule has 0 atom stereocenters. The summed E-state index contributed by atoms with van der Waals surface area (Å²) in [5, 5.41) is 3.21. The molecule has 4 aromatic rings. The highest BCUT2D eigenvalue weighted by molar-refractivity contribution is 7.98. The Balaban J connectivity index is 1.55. The van der Waals surface area contributed by atoms with Gasteiger partial charge >= 0.3 is 5.97 Å². The lowest BCUT2D eigenvalue weighted by atomic mass is 9.99. The molecule has 0 spiro atoms. The molecule has 0 saturated carbocycles. The molecule has 0 amide bonds. The van der Waals surface area contributed by atoms with E-state index in [1.54, 1.807) is 12.1 Å². The van der Waals surface area contributed by atoms with E-state index in [0.29, 0.717) is 27.8 Å². The third kappa shape index (κ3) is 4.57. The van der Waals surface area contributed by atoms with Crippen LogP contribution in [0.25, 0.3) is 21.3 Å². The average Bonchev–Trinajstić information content (AvgIpc) is 3.22. The topological polar surface area (TPSA) is 72.0 Å². The molecule has 2 heterocycles. The third-order valence-electron chi connectivity index (χ3n) is 5.06. The monoisotopic (exact) mass is 450 g/mol. The minimum Gasteiger partial charge on any atom is -0.465 e. The fourth-order valence-corrected chi connectivity index (χ4v) is 5.09. The van der Waals surface area contributed by atoms with Crippen LogP contribution >= 0.6 is 23.1 Å². The maximum Gasteiger partial charge on any atom is 0.337 e. The minimum atomic E-state index is -0.358. The third-order valence-corrected chi connectivity index (χ3v) is 6.88. The number of methoxy groups -OCH3 is 1. The van der Waals surface area contributed by atoms with Crippen molar-refractivity contribution in [3.8, 4) is 11.1 Å². The van der Waals surface area contributed by atoms with E-state index < -0.39 is 0 Å². The van der Waals surface area contributed by atoms with Gasteiger partial charge in [0.2, 0.25) is 0 Å². The number of ether oxygens (including phenoxy) is 1. The lowest BCUT2D eigenvalue weighted by molar-refractivity contribution is 0.0600. The van der Waals surface area contributed by atoms with Crippen LogP contribution in [-0.4, -0.2) is 23.0 Å². The molecule has 0 saturated heterocycles. The van der Waals surface area contributed by atoms with E-state index in [1.165, 1.54) is 35.8 Å². The Bertz CT molecular complexity index is 1270. The summed E-state index contributed by atoms with van der Waals surface area (Å²) in [7, 11) is 1.36. The summed E-state index contributed by atoms with van der Waals surface area (Å²) >= 11 is 2.94. The highest BCUT2D eigenvalue weighted by atomic mass is 32.2. The molecule has 1 N–H and O–H groups in total. The molecule has 31 heavy (non-hydrogen) atoms. The second-order valence-electron chi connectivity index (χ2n) is 7.45. The first kappa shape index (κ1) is 21.3. The van der Waals surface area contributed by atoms with Gasteiger partial charge in [0.25, 0.3) is 5.56 Å². The molecule has 0 aliphatic carbocycles. The van der Waals surface area contributed by atoms with Crippen LogP contribution in [-0.2, 0) is 10.5 Å². The summed E-state index contributed by atoms with van der Waals surface area (Å²) in [5.41, 5.74) is 4.62. The van der Waals surface area contributed by atoms with Crippen molar-refractivity contribution in [2.24, 2.45) is 0 Å². The van der Waals surface area contributed by atoms with Crippen molar-refractivity contribution in [1.29, 1.82) is 0 Å². The van der Waals surface area contributed by atoms with Crippen LogP contribution in [0.15, 0.2) is 63.9 Å². The zero-order valence-electron chi connectivity index (χ0n) is 17.5. The predicted octanol–water partition coefficient (Wildman–Crippen LogP) is 5.85. The number of hydrogen-bond donors (Lipinski definition) is 1. The SMILES string of the molecule is COC(=O)c1ccc(CSc2nc3scc(-c4ccc(C(C)C)cc4)c3c(=O)[nH]2)cc1. The summed E-state index contributed by atoms with van der Waals surface area (Å²) in [6.45, 7) is 4.33. The van der Waals surface area contributed by atoms with Gasteiger partial charge in [0.05, 0.1) is 18.1 Å². The molecule has 2 aromatic carbocycles. The Morgan fingerprint density at radius 2 is 1.84 bits per heavy atom. The van der Waals surface area contributed by atoms with Crippen molar-refractivity contribution in [1.82, 2.24) is 9.97 Å². The van der Waals surface area contributed by atoms with Crippen molar-refractivity contribution in [2.75, 3.05) is 7.11 Å². The van der Waals surface area contributed by atoms with Gasteiger partial charge in [-0.2, -0.15) is 0 Å². The fraction of sp³-hybridized carbons (Fsp3) is 0.208. The number of carbonyl (C=O) groups is 1. The number of rotatable bonds is 6. The van der Waals surface area contributed by atoms with Gasteiger partial charge in [-0.25, -0.2) is 9.78 Å². The molecule has 0 unspecified atom stereocenters. The summed E-state index contributed by atoms with van der Waals surface area (Å²) in [5.74, 6) is 0.739. The van der Waals surface area contributed by atoms with Gasteiger partial charge in [-0.15, -0.1) is 11.3 Å². The number of nitrogens with one attached hydrogen (secondary N) is 1.